The predicted molar refractivity (Wildman–Crippen MR) is 74.9 cm³/mol. The highest BCUT2D eigenvalue weighted by Crippen LogP contribution is 2.28. The summed E-state index contributed by atoms with van der Waals surface area (Å²) in [6.07, 6.45) is 6.67. The second kappa shape index (κ2) is 6.32. The number of rotatable bonds is 5. The van der Waals surface area contributed by atoms with E-state index in [0.29, 0.717) is 6.54 Å². The van der Waals surface area contributed by atoms with Gasteiger partial charge in [-0.25, -0.2) is 0 Å². The minimum Gasteiger partial charge on any atom is -0.485 e. The first kappa shape index (κ1) is 12.8. The molecule has 96 valence electrons. The summed E-state index contributed by atoms with van der Waals surface area (Å²) < 4.78 is 5.98. The smallest absolute Gasteiger partial charge is 0.142 e. The van der Waals surface area contributed by atoms with Gasteiger partial charge < -0.3 is 10.1 Å². The van der Waals surface area contributed by atoms with E-state index < -0.39 is 0 Å². The van der Waals surface area contributed by atoms with Gasteiger partial charge in [-0.3, -0.25) is 4.90 Å². The number of nitrogens with one attached hydrogen (secondary N) is 1. The topological polar surface area (TPSA) is 24.5 Å². The largest absolute Gasteiger partial charge is 0.485 e. The van der Waals surface area contributed by atoms with Gasteiger partial charge in [-0.2, -0.15) is 0 Å². The van der Waals surface area contributed by atoms with Crippen LogP contribution in [0.15, 0.2) is 24.3 Å². The van der Waals surface area contributed by atoms with Crippen molar-refractivity contribution in [1.82, 2.24) is 4.90 Å². The molecule has 0 spiro atoms. The lowest BCUT2D eigenvalue weighted by atomic mass is 10.2. The Kier molecular flexibility index (Phi) is 4.49. The van der Waals surface area contributed by atoms with Crippen molar-refractivity contribution >= 4 is 5.69 Å². The van der Waals surface area contributed by atoms with Gasteiger partial charge in [0, 0.05) is 6.54 Å². The molecule has 1 aliphatic heterocycles. The average molecular weight is 244 g/mol. The van der Waals surface area contributed by atoms with Gasteiger partial charge in [0.25, 0.3) is 0 Å². The first-order chi connectivity index (χ1) is 8.83. The third-order valence-electron chi connectivity index (χ3n) is 3.02. The second-order valence-electron chi connectivity index (χ2n) is 4.56. The number of fused-ring (bicyclic) bond motifs is 1. The van der Waals surface area contributed by atoms with Gasteiger partial charge in [-0.1, -0.05) is 25.0 Å². The number of nitrogens with zero attached hydrogens (tertiary/aromatic N) is 1. The van der Waals surface area contributed by atoms with Crippen molar-refractivity contribution in [3.05, 3.63) is 24.3 Å². The molecule has 3 heteroatoms. The van der Waals surface area contributed by atoms with Crippen LogP contribution in [0.5, 0.6) is 5.75 Å². The molecule has 18 heavy (non-hydrogen) atoms. The van der Waals surface area contributed by atoms with Gasteiger partial charge in [-0.15, -0.1) is 6.42 Å². The summed E-state index contributed by atoms with van der Waals surface area (Å²) in [7, 11) is 0. The molecule has 0 saturated carbocycles. The highest BCUT2D eigenvalue weighted by molar-refractivity contribution is 5.57. The number of anilines is 1. The zero-order chi connectivity index (χ0) is 12.8. The maximum absolute atomic E-state index is 5.98. The average Bonchev–Trinajstić information content (AvgIpc) is 2.39. The lowest BCUT2D eigenvalue weighted by Crippen LogP contribution is -2.42. The summed E-state index contributed by atoms with van der Waals surface area (Å²) in [6, 6.07) is 8.04. The van der Waals surface area contributed by atoms with Crippen LogP contribution in [0.25, 0.3) is 0 Å². The van der Waals surface area contributed by atoms with E-state index in [0.717, 1.165) is 37.5 Å². The van der Waals surface area contributed by atoms with Crippen LogP contribution in [-0.2, 0) is 0 Å². The van der Waals surface area contributed by atoms with Crippen molar-refractivity contribution in [3.8, 4) is 18.1 Å². The molecule has 0 aromatic heterocycles. The molecule has 0 fully saturated rings. The standard InChI is InChI=1S/C15H20N2O/c1-3-9-17(10-4-2)12-13-11-16-14-7-5-6-8-15(14)18-13/h1,5-8,13,16H,4,9-12H2,2H3. The summed E-state index contributed by atoms with van der Waals surface area (Å²) in [5.41, 5.74) is 1.08. The molecule has 1 aromatic carbocycles. The van der Waals surface area contributed by atoms with Crippen LogP contribution < -0.4 is 10.1 Å². The van der Waals surface area contributed by atoms with Gasteiger partial charge in [0.05, 0.1) is 18.8 Å². The van der Waals surface area contributed by atoms with Crippen LogP contribution >= 0.6 is 0 Å². The highest BCUT2D eigenvalue weighted by atomic mass is 16.5. The highest BCUT2D eigenvalue weighted by Gasteiger charge is 2.20. The zero-order valence-corrected chi connectivity index (χ0v) is 10.9. The quantitative estimate of drug-likeness (QED) is 0.804. The minimum absolute atomic E-state index is 0.166. The summed E-state index contributed by atoms with van der Waals surface area (Å²) >= 11 is 0. The van der Waals surface area contributed by atoms with E-state index in [4.69, 9.17) is 11.2 Å². The van der Waals surface area contributed by atoms with Crippen LogP contribution in [0, 0.1) is 12.3 Å². The number of terminal acetylenes is 1. The van der Waals surface area contributed by atoms with Crippen molar-refractivity contribution in [2.45, 2.75) is 19.4 Å². The molecule has 1 aliphatic rings. The van der Waals surface area contributed by atoms with Gasteiger partial charge in [-0.05, 0) is 25.1 Å². The molecule has 1 atom stereocenters. The molecule has 3 nitrogen and oxygen atoms in total. The van der Waals surface area contributed by atoms with Crippen molar-refractivity contribution < 1.29 is 4.74 Å². The van der Waals surface area contributed by atoms with Crippen molar-refractivity contribution in [2.24, 2.45) is 0 Å². The number of benzene rings is 1. The van der Waals surface area contributed by atoms with E-state index in [9.17, 15) is 0 Å². The van der Waals surface area contributed by atoms with Gasteiger partial charge in [0.1, 0.15) is 11.9 Å². The third kappa shape index (κ3) is 3.18. The van der Waals surface area contributed by atoms with E-state index in [2.05, 4.69) is 23.1 Å². The predicted octanol–water partition coefficient (Wildman–Crippen LogP) is 2.20. The van der Waals surface area contributed by atoms with Gasteiger partial charge in [0.2, 0.25) is 0 Å². The van der Waals surface area contributed by atoms with Crippen molar-refractivity contribution in [1.29, 1.82) is 0 Å². The fourth-order valence-corrected chi connectivity index (χ4v) is 2.23. The number of hydrogen-bond donors (Lipinski definition) is 1. The van der Waals surface area contributed by atoms with Gasteiger partial charge >= 0.3 is 0 Å². The molecular formula is C15H20N2O. The Labute approximate surface area is 109 Å². The van der Waals surface area contributed by atoms with E-state index in [1.165, 1.54) is 0 Å². The van der Waals surface area contributed by atoms with Crippen molar-refractivity contribution in [2.75, 3.05) is 31.5 Å². The van der Waals surface area contributed by atoms with E-state index >= 15 is 0 Å². The fourth-order valence-electron chi connectivity index (χ4n) is 2.23. The number of para-hydroxylation sites is 2. The second-order valence-corrected chi connectivity index (χ2v) is 4.56. The summed E-state index contributed by atoms with van der Waals surface area (Å²) in [5, 5.41) is 3.40. The van der Waals surface area contributed by atoms with Crippen LogP contribution in [0.2, 0.25) is 0 Å². The molecule has 0 amide bonds. The number of hydrogen-bond acceptors (Lipinski definition) is 3. The lowest BCUT2D eigenvalue weighted by Gasteiger charge is -2.31. The van der Waals surface area contributed by atoms with Crippen LogP contribution in [0.4, 0.5) is 5.69 Å². The summed E-state index contributed by atoms with van der Waals surface area (Å²) in [6.45, 7) is 5.58. The van der Waals surface area contributed by atoms with Gasteiger partial charge in [0.15, 0.2) is 0 Å². The molecule has 1 unspecified atom stereocenters. The maximum atomic E-state index is 5.98. The van der Waals surface area contributed by atoms with E-state index in [-0.39, 0.29) is 6.10 Å². The molecule has 0 saturated heterocycles. The van der Waals surface area contributed by atoms with E-state index in [1.54, 1.807) is 0 Å². The summed E-state index contributed by atoms with van der Waals surface area (Å²) in [4.78, 5) is 2.26. The lowest BCUT2D eigenvalue weighted by molar-refractivity contribution is 0.144. The van der Waals surface area contributed by atoms with Crippen LogP contribution in [0.1, 0.15) is 13.3 Å². The molecule has 1 heterocycles. The SMILES string of the molecule is C#CCN(CCC)CC1CNc2ccccc2O1. The normalized spacial score (nSPS) is 17.5. The monoisotopic (exact) mass is 244 g/mol. The molecule has 0 bridgehead atoms. The third-order valence-corrected chi connectivity index (χ3v) is 3.02. The fraction of sp³-hybridized carbons (Fsp3) is 0.467. The van der Waals surface area contributed by atoms with Crippen LogP contribution in [-0.4, -0.2) is 37.2 Å². The maximum Gasteiger partial charge on any atom is 0.142 e. The Hall–Kier alpha value is -1.66. The zero-order valence-electron chi connectivity index (χ0n) is 10.9. The number of ether oxygens (including phenoxy) is 1. The van der Waals surface area contributed by atoms with E-state index in [1.807, 2.05) is 24.3 Å². The minimum atomic E-state index is 0.166. The summed E-state index contributed by atoms with van der Waals surface area (Å²) in [5.74, 6) is 3.65. The molecule has 0 aliphatic carbocycles. The van der Waals surface area contributed by atoms with Crippen molar-refractivity contribution in [3.63, 3.8) is 0 Å². The molecular weight excluding hydrogens is 224 g/mol. The van der Waals surface area contributed by atoms with Crippen LogP contribution in [0.3, 0.4) is 0 Å². The molecule has 2 rings (SSSR count). The Bertz CT molecular complexity index is 425. The Morgan fingerprint density at radius 3 is 3.11 bits per heavy atom. The molecule has 1 N–H and O–H groups in total. The first-order valence-electron chi connectivity index (χ1n) is 6.49. The Morgan fingerprint density at radius 2 is 2.33 bits per heavy atom. The first-order valence-corrected chi connectivity index (χ1v) is 6.49. The molecule has 0 radical (unpaired) electrons. The Morgan fingerprint density at radius 1 is 1.50 bits per heavy atom. The Balaban J connectivity index is 1.94. The molecule has 1 aromatic rings.